The lowest BCUT2D eigenvalue weighted by atomic mass is 10.0. The summed E-state index contributed by atoms with van der Waals surface area (Å²) in [4.78, 5) is 13.6. The summed E-state index contributed by atoms with van der Waals surface area (Å²) in [5, 5.41) is 0. The lowest BCUT2D eigenvalue weighted by Crippen LogP contribution is -2.35. The van der Waals surface area contributed by atoms with Crippen LogP contribution in [-0.2, 0) is 4.74 Å². The maximum absolute atomic E-state index is 11.8. The zero-order chi connectivity index (χ0) is 11.6. The molecule has 1 amide bonds. The van der Waals surface area contributed by atoms with E-state index in [1.165, 1.54) is 0 Å². The van der Waals surface area contributed by atoms with Gasteiger partial charge in [0.25, 0.3) is 0 Å². The summed E-state index contributed by atoms with van der Waals surface area (Å²) in [6, 6.07) is 0. The van der Waals surface area contributed by atoms with Crippen molar-refractivity contribution >= 4 is 28.7 Å². The van der Waals surface area contributed by atoms with Crippen molar-refractivity contribution in [1.82, 2.24) is 4.90 Å². The monoisotopic (exact) mass is 325 g/mol. The molecule has 1 heterocycles. The molecular formula is C11H20INO2. The largest absolute Gasteiger partial charge is 0.444 e. The SMILES string of the molecule is C[C@H]1CN(C(=O)OC(C)(C)C)C[C@@H]1CI. The van der Waals surface area contributed by atoms with Gasteiger partial charge in [-0.15, -0.1) is 0 Å². The zero-order valence-corrected chi connectivity index (χ0v) is 12.1. The van der Waals surface area contributed by atoms with Gasteiger partial charge in [-0.3, -0.25) is 0 Å². The highest BCUT2D eigenvalue weighted by molar-refractivity contribution is 14.1. The average molecular weight is 325 g/mol. The summed E-state index contributed by atoms with van der Waals surface area (Å²) in [5.74, 6) is 1.22. The fourth-order valence-electron chi connectivity index (χ4n) is 1.71. The highest BCUT2D eigenvalue weighted by Gasteiger charge is 2.33. The van der Waals surface area contributed by atoms with Crippen LogP contribution in [0.5, 0.6) is 0 Å². The molecule has 1 aliphatic rings. The van der Waals surface area contributed by atoms with E-state index in [9.17, 15) is 4.79 Å². The van der Waals surface area contributed by atoms with Crippen molar-refractivity contribution in [3.05, 3.63) is 0 Å². The number of ether oxygens (including phenoxy) is 1. The molecule has 0 saturated carbocycles. The third-order valence-corrected chi connectivity index (χ3v) is 3.75. The van der Waals surface area contributed by atoms with E-state index >= 15 is 0 Å². The van der Waals surface area contributed by atoms with Crippen molar-refractivity contribution in [3.63, 3.8) is 0 Å². The minimum Gasteiger partial charge on any atom is -0.444 e. The van der Waals surface area contributed by atoms with Crippen LogP contribution in [0, 0.1) is 11.8 Å². The second kappa shape index (κ2) is 4.89. The van der Waals surface area contributed by atoms with Gasteiger partial charge in [-0.1, -0.05) is 29.5 Å². The lowest BCUT2D eigenvalue weighted by molar-refractivity contribution is 0.0286. The van der Waals surface area contributed by atoms with Crippen LogP contribution in [-0.4, -0.2) is 34.1 Å². The highest BCUT2D eigenvalue weighted by Crippen LogP contribution is 2.26. The maximum atomic E-state index is 11.8. The van der Waals surface area contributed by atoms with Crippen molar-refractivity contribution in [2.45, 2.75) is 33.3 Å². The van der Waals surface area contributed by atoms with Crippen molar-refractivity contribution in [1.29, 1.82) is 0 Å². The molecule has 0 aromatic heterocycles. The first-order valence-corrected chi connectivity index (χ1v) is 6.90. The highest BCUT2D eigenvalue weighted by atomic mass is 127. The van der Waals surface area contributed by atoms with Crippen molar-refractivity contribution in [2.75, 3.05) is 17.5 Å². The van der Waals surface area contributed by atoms with Crippen molar-refractivity contribution in [2.24, 2.45) is 11.8 Å². The van der Waals surface area contributed by atoms with Gasteiger partial charge in [-0.2, -0.15) is 0 Å². The van der Waals surface area contributed by atoms with Crippen LogP contribution >= 0.6 is 22.6 Å². The number of carbonyl (C=O) groups is 1. The van der Waals surface area contributed by atoms with E-state index in [2.05, 4.69) is 29.5 Å². The fourth-order valence-corrected chi connectivity index (χ4v) is 2.86. The molecular weight excluding hydrogens is 305 g/mol. The van der Waals surface area contributed by atoms with Gasteiger partial charge in [0.1, 0.15) is 5.60 Å². The van der Waals surface area contributed by atoms with E-state index in [1.807, 2.05) is 25.7 Å². The van der Waals surface area contributed by atoms with Crippen LogP contribution in [0.15, 0.2) is 0 Å². The van der Waals surface area contributed by atoms with E-state index < -0.39 is 0 Å². The summed E-state index contributed by atoms with van der Waals surface area (Å²) < 4.78 is 6.46. The Labute approximate surface area is 106 Å². The van der Waals surface area contributed by atoms with Crippen LogP contribution in [0.2, 0.25) is 0 Å². The Morgan fingerprint density at radius 1 is 1.47 bits per heavy atom. The molecule has 1 saturated heterocycles. The summed E-state index contributed by atoms with van der Waals surface area (Å²) >= 11 is 2.39. The fraction of sp³-hybridized carbons (Fsp3) is 0.909. The topological polar surface area (TPSA) is 29.5 Å². The Hall–Kier alpha value is 0. The third kappa shape index (κ3) is 3.81. The van der Waals surface area contributed by atoms with E-state index in [-0.39, 0.29) is 11.7 Å². The summed E-state index contributed by atoms with van der Waals surface area (Å²) in [6.45, 7) is 9.59. The number of halogens is 1. The number of likely N-dealkylation sites (tertiary alicyclic amines) is 1. The molecule has 0 bridgehead atoms. The van der Waals surface area contributed by atoms with Gasteiger partial charge in [-0.05, 0) is 32.6 Å². The number of carbonyl (C=O) groups excluding carboxylic acids is 1. The quantitative estimate of drug-likeness (QED) is 0.548. The van der Waals surface area contributed by atoms with E-state index in [4.69, 9.17) is 4.74 Å². The van der Waals surface area contributed by atoms with Gasteiger partial charge in [0, 0.05) is 17.5 Å². The van der Waals surface area contributed by atoms with Crippen LogP contribution in [0.25, 0.3) is 0 Å². The Balaban J connectivity index is 2.50. The third-order valence-electron chi connectivity index (χ3n) is 2.62. The normalized spacial score (nSPS) is 26.9. The lowest BCUT2D eigenvalue weighted by Gasteiger charge is -2.24. The number of amides is 1. The van der Waals surface area contributed by atoms with Gasteiger partial charge < -0.3 is 9.64 Å². The molecule has 0 unspecified atom stereocenters. The number of nitrogens with zero attached hydrogens (tertiary/aromatic N) is 1. The maximum Gasteiger partial charge on any atom is 0.410 e. The molecule has 0 radical (unpaired) electrons. The molecule has 1 aliphatic heterocycles. The van der Waals surface area contributed by atoms with E-state index in [0.717, 1.165) is 17.5 Å². The second-order valence-electron chi connectivity index (χ2n) is 5.28. The first kappa shape index (κ1) is 13.1. The molecule has 1 rings (SSSR count). The van der Waals surface area contributed by atoms with Gasteiger partial charge in [0.05, 0.1) is 0 Å². The van der Waals surface area contributed by atoms with Gasteiger partial charge in [-0.25, -0.2) is 4.79 Å². The first-order valence-electron chi connectivity index (χ1n) is 5.37. The smallest absolute Gasteiger partial charge is 0.410 e. The predicted molar refractivity (Wildman–Crippen MR) is 69.3 cm³/mol. The summed E-state index contributed by atoms with van der Waals surface area (Å²) in [7, 11) is 0. The molecule has 15 heavy (non-hydrogen) atoms. The number of hydrogen-bond donors (Lipinski definition) is 0. The predicted octanol–water partition coefficient (Wildman–Crippen LogP) is 2.92. The molecule has 0 aliphatic carbocycles. The molecule has 3 nitrogen and oxygen atoms in total. The first-order chi connectivity index (χ1) is 6.83. The average Bonchev–Trinajstić information content (AvgIpc) is 2.43. The van der Waals surface area contributed by atoms with Crippen LogP contribution in [0.4, 0.5) is 4.79 Å². The Bertz CT molecular complexity index is 237. The Kier molecular flexibility index (Phi) is 4.26. The minimum atomic E-state index is -0.386. The Morgan fingerprint density at radius 3 is 2.47 bits per heavy atom. The van der Waals surface area contributed by atoms with Gasteiger partial charge in [0.2, 0.25) is 0 Å². The summed E-state index contributed by atoms with van der Waals surface area (Å²) in [6.07, 6.45) is -0.165. The van der Waals surface area contributed by atoms with Crippen molar-refractivity contribution < 1.29 is 9.53 Å². The van der Waals surface area contributed by atoms with Gasteiger partial charge >= 0.3 is 6.09 Å². The van der Waals surface area contributed by atoms with Crippen LogP contribution in [0.3, 0.4) is 0 Å². The molecule has 4 heteroatoms. The standard InChI is InChI=1S/C11H20INO2/c1-8-6-13(7-9(8)5-12)10(14)15-11(2,3)4/h8-9H,5-7H2,1-4H3/t8-,9-/m0/s1. The summed E-state index contributed by atoms with van der Waals surface area (Å²) in [5.41, 5.74) is -0.386. The second-order valence-corrected chi connectivity index (χ2v) is 6.16. The van der Waals surface area contributed by atoms with Crippen LogP contribution in [0.1, 0.15) is 27.7 Å². The van der Waals surface area contributed by atoms with Crippen LogP contribution < -0.4 is 0 Å². The molecule has 0 aromatic rings. The number of alkyl halides is 1. The molecule has 88 valence electrons. The zero-order valence-electron chi connectivity index (χ0n) is 9.92. The molecule has 0 spiro atoms. The van der Waals surface area contributed by atoms with Crippen molar-refractivity contribution in [3.8, 4) is 0 Å². The molecule has 1 fully saturated rings. The number of rotatable bonds is 1. The molecule has 2 atom stereocenters. The minimum absolute atomic E-state index is 0.165. The molecule has 0 N–H and O–H groups in total. The number of hydrogen-bond acceptors (Lipinski definition) is 2. The van der Waals surface area contributed by atoms with E-state index in [1.54, 1.807) is 0 Å². The van der Waals surface area contributed by atoms with Gasteiger partial charge in [0.15, 0.2) is 0 Å². The van der Waals surface area contributed by atoms with E-state index in [0.29, 0.717) is 11.8 Å². The Morgan fingerprint density at radius 2 is 2.07 bits per heavy atom. The molecule has 0 aromatic carbocycles.